The molecule has 13 nitrogen and oxygen atoms in total. The van der Waals surface area contributed by atoms with Crippen molar-refractivity contribution >= 4 is 35.6 Å². The third kappa shape index (κ3) is 8.71. The van der Waals surface area contributed by atoms with Crippen LogP contribution in [0.4, 0.5) is 0 Å². The van der Waals surface area contributed by atoms with Crippen LogP contribution < -0.4 is 0 Å². The van der Waals surface area contributed by atoms with E-state index in [-0.39, 0.29) is 5.57 Å². The van der Waals surface area contributed by atoms with Crippen molar-refractivity contribution in [3.8, 4) is 0 Å². The Balaban J connectivity index is 3.09. The number of rotatable bonds is 8. The van der Waals surface area contributed by atoms with E-state index in [0.29, 0.717) is 6.42 Å². The molecule has 0 aromatic rings. The van der Waals surface area contributed by atoms with Gasteiger partial charge in [0.1, 0.15) is 23.4 Å². The molecule has 0 aromatic carbocycles. The van der Waals surface area contributed by atoms with Gasteiger partial charge in [-0.05, 0) is 13.3 Å². The second-order valence-corrected chi connectivity index (χ2v) is 14.2. The molecular formula is C35H52O13. The summed E-state index contributed by atoms with van der Waals surface area (Å²) in [7, 11) is 0. The van der Waals surface area contributed by atoms with Gasteiger partial charge in [0.2, 0.25) is 0 Å². The van der Waals surface area contributed by atoms with Crippen LogP contribution in [-0.4, -0.2) is 87.6 Å². The Morgan fingerprint density at radius 2 is 1.46 bits per heavy atom. The van der Waals surface area contributed by atoms with Crippen molar-refractivity contribution in [3.63, 3.8) is 0 Å². The highest BCUT2D eigenvalue weighted by Gasteiger charge is 2.68. The van der Waals surface area contributed by atoms with Crippen LogP contribution in [0, 0.1) is 29.1 Å². The summed E-state index contributed by atoms with van der Waals surface area (Å²) in [6, 6.07) is 0. The number of ether oxygens (including phenoxy) is 5. The molecule has 10 atom stereocenters. The van der Waals surface area contributed by atoms with Crippen molar-refractivity contribution in [2.24, 2.45) is 29.1 Å². The number of ketones is 1. The fraction of sp³-hybridized carbons (Fsp3) is 0.714. The fourth-order valence-corrected chi connectivity index (χ4v) is 6.26. The van der Waals surface area contributed by atoms with Crippen LogP contribution in [0.5, 0.6) is 0 Å². The van der Waals surface area contributed by atoms with Gasteiger partial charge in [0.25, 0.3) is 0 Å². The molecule has 2 aliphatic rings. The molecule has 48 heavy (non-hydrogen) atoms. The van der Waals surface area contributed by atoms with Gasteiger partial charge in [0.05, 0.1) is 17.8 Å². The normalized spacial score (nSPS) is 34.8. The summed E-state index contributed by atoms with van der Waals surface area (Å²) in [6.07, 6.45) is -5.59. The largest absolute Gasteiger partial charge is 0.458 e. The lowest BCUT2D eigenvalue weighted by Gasteiger charge is -2.43. The minimum absolute atomic E-state index is 0.298. The summed E-state index contributed by atoms with van der Waals surface area (Å²) < 4.78 is 28.8. The first kappa shape index (κ1) is 40.6. The lowest BCUT2D eigenvalue weighted by molar-refractivity contribution is -0.192. The van der Waals surface area contributed by atoms with Crippen LogP contribution in [0.25, 0.3) is 0 Å². The first-order valence-electron chi connectivity index (χ1n) is 16.2. The molecule has 0 heterocycles. The highest BCUT2D eigenvalue weighted by molar-refractivity contribution is 5.92. The zero-order chi connectivity index (χ0) is 37.1. The van der Waals surface area contributed by atoms with Gasteiger partial charge < -0.3 is 33.9 Å². The van der Waals surface area contributed by atoms with Gasteiger partial charge in [-0.3, -0.25) is 28.8 Å². The molecule has 0 amide bonds. The summed E-state index contributed by atoms with van der Waals surface area (Å²) in [4.78, 5) is 78.3. The number of aliphatic hydroxyl groups excluding tert-OH is 1. The molecule has 2 N–H and O–H groups in total. The predicted molar refractivity (Wildman–Crippen MR) is 171 cm³/mol. The standard InChI is InChI=1S/C35H52O13/c1-13-18(4)32(42)47-25-20(6)26(44-21(7)36)27(45-22(8)37)30(46-23(9)38)33(10,11)15-14-19(5)28(39)35(43)16-34(12,29(40)24(25)35)48-31(41)17(2)3/h14-15,17-19,24-27,29-30,40,43H,6,13,16H2,1-5,7-12H3/b15-14+/t18-,19+,24+,25+,26+,27-,29-,30-,34-,35-/m1/s1. The van der Waals surface area contributed by atoms with Crippen molar-refractivity contribution in [2.45, 2.75) is 131 Å². The molecule has 270 valence electrons. The van der Waals surface area contributed by atoms with E-state index >= 15 is 0 Å². The topological polar surface area (TPSA) is 189 Å². The number of hydrogen-bond acceptors (Lipinski definition) is 13. The minimum Gasteiger partial charge on any atom is -0.458 e. The van der Waals surface area contributed by atoms with Crippen LogP contribution in [0.1, 0.15) is 89.0 Å². The van der Waals surface area contributed by atoms with Crippen molar-refractivity contribution in [1.82, 2.24) is 0 Å². The number of allylic oxidation sites excluding steroid dienone is 1. The lowest BCUT2D eigenvalue weighted by Crippen LogP contribution is -2.58. The molecule has 1 saturated carbocycles. The monoisotopic (exact) mass is 680 g/mol. The summed E-state index contributed by atoms with van der Waals surface area (Å²) in [5, 5.41) is 24.4. The van der Waals surface area contributed by atoms with Crippen LogP contribution in [-0.2, 0) is 52.5 Å². The smallest absolute Gasteiger partial charge is 0.309 e. The Kier molecular flexibility index (Phi) is 13.0. The van der Waals surface area contributed by atoms with Crippen LogP contribution in [0.15, 0.2) is 24.3 Å². The third-order valence-electron chi connectivity index (χ3n) is 9.13. The molecule has 0 radical (unpaired) electrons. The summed E-state index contributed by atoms with van der Waals surface area (Å²) >= 11 is 0. The number of hydrogen-bond donors (Lipinski definition) is 2. The molecule has 0 aromatic heterocycles. The average Bonchev–Trinajstić information content (AvgIpc) is 3.17. The molecule has 0 spiro atoms. The van der Waals surface area contributed by atoms with Gasteiger partial charge in [-0.15, -0.1) is 0 Å². The maximum Gasteiger partial charge on any atom is 0.309 e. The molecule has 0 saturated heterocycles. The van der Waals surface area contributed by atoms with Gasteiger partial charge in [0, 0.05) is 44.1 Å². The number of aliphatic hydroxyl groups is 2. The second kappa shape index (κ2) is 15.3. The van der Waals surface area contributed by atoms with E-state index in [9.17, 15) is 39.0 Å². The fourth-order valence-electron chi connectivity index (χ4n) is 6.26. The summed E-state index contributed by atoms with van der Waals surface area (Å²) in [5.41, 5.74) is -5.89. The molecule has 0 unspecified atom stereocenters. The van der Waals surface area contributed by atoms with Gasteiger partial charge in [-0.25, -0.2) is 0 Å². The Hall–Kier alpha value is -3.58. The van der Waals surface area contributed by atoms with E-state index in [4.69, 9.17) is 23.7 Å². The maximum absolute atomic E-state index is 14.3. The molecule has 13 heteroatoms. The Morgan fingerprint density at radius 3 is 1.94 bits per heavy atom. The highest BCUT2D eigenvalue weighted by Crippen LogP contribution is 2.51. The number of fused-ring (bicyclic) bond motifs is 1. The van der Waals surface area contributed by atoms with Gasteiger partial charge in [-0.2, -0.15) is 0 Å². The van der Waals surface area contributed by atoms with E-state index in [0.717, 1.165) is 20.8 Å². The molecular weight excluding hydrogens is 628 g/mol. The van der Waals surface area contributed by atoms with E-state index in [1.54, 1.807) is 41.5 Å². The average molecular weight is 681 g/mol. The maximum atomic E-state index is 14.3. The summed E-state index contributed by atoms with van der Waals surface area (Å²) in [5.74, 6) is -8.98. The molecule has 0 aliphatic heterocycles. The van der Waals surface area contributed by atoms with Gasteiger partial charge >= 0.3 is 29.8 Å². The SMILES string of the molecule is C=C1[C@H](OC(C)=O)[C@@H](OC(C)=O)[C@@H](OC(C)=O)C(C)(C)/C=C/[C@H](C)C(=O)[C@@]2(O)C[C@@](C)(OC(=O)C(C)C)[C@H](O)[C@@H]2[C@H]1OC(=O)[C@H](C)CC. The van der Waals surface area contributed by atoms with Crippen molar-refractivity contribution < 1.29 is 62.7 Å². The van der Waals surface area contributed by atoms with Crippen molar-refractivity contribution in [3.05, 3.63) is 24.3 Å². The molecule has 1 fully saturated rings. The number of Topliss-reactive ketones (excluding diaryl/α,β-unsaturated/α-hetero) is 1. The number of carbonyl (C=O) groups is 6. The van der Waals surface area contributed by atoms with E-state index in [1.165, 1.54) is 26.0 Å². The van der Waals surface area contributed by atoms with Crippen LogP contribution in [0.3, 0.4) is 0 Å². The first-order valence-corrected chi connectivity index (χ1v) is 16.2. The van der Waals surface area contributed by atoms with E-state index in [2.05, 4.69) is 6.58 Å². The summed E-state index contributed by atoms with van der Waals surface area (Å²) in [6.45, 7) is 19.9. The number of esters is 5. The zero-order valence-corrected chi connectivity index (χ0v) is 29.9. The zero-order valence-electron chi connectivity index (χ0n) is 29.9. The lowest BCUT2D eigenvalue weighted by atomic mass is 9.72. The van der Waals surface area contributed by atoms with Crippen LogP contribution in [0.2, 0.25) is 0 Å². The third-order valence-corrected chi connectivity index (χ3v) is 9.13. The van der Waals surface area contributed by atoms with Crippen molar-refractivity contribution in [2.75, 3.05) is 0 Å². The minimum atomic E-state index is -2.51. The van der Waals surface area contributed by atoms with Crippen LogP contribution >= 0.6 is 0 Å². The Labute approximate surface area is 282 Å². The second-order valence-electron chi connectivity index (χ2n) is 14.2. The quantitative estimate of drug-likeness (QED) is 0.216. The molecule has 0 bridgehead atoms. The van der Waals surface area contributed by atoms with E-state index < -0.39 is 113 Å². The van der Waals surface area contributed by atoms with Gasteiger partial charge in [-0.1, -0.05) is 67.2 Å². The van der Waals surface area contributed by atoms with Gasteiger partial charge in [0.15, 0.2) is 24.1 Å². The molecule has 2 aliphatic carbocycles. The Bertz CT molecular complexity index is 1320. The highest BCUT2D eigenvalue weighted by atomic mass is 16.6. The van der Waals surface area contributed by atoms with Crippen molar-refractivity contribution in [1.29, 1.82) is 0 Å². The van der Waals surface area contributed by atoms with E-state index in [1.807, 2.05) is 0 Å². The first-order chi connectivity index (χ1) is 21.9. The predicted octanol–water partition coefficient (Wildman–Crippen LogP) is 3.17. The Morgan fingerprint density at radius 1 is 0.917 bits per heavy atom. The molecule has 2 rings (SSSR count). The number of carbonyl (C=O) groups excluding carboxylic acids is 6.